The van der Waals surface area contributed by atoms with E-state index in [4.69, 9.17) is 4.52 Å². The predicted octanol–water partition coefficient (Wildman–Crippen LogP) is 3.15. The monoisotopic (exact) mass is 424 g/mol. The number of halogens is 3. The second kappa shape index (κ2) is 9.36. The number of nitrogens with one attached hydrogen (secondary N) is 1. The molecule has 0 unspecified atom stereocenters. The van der Waals surface area contributed by atoms with E-state index in [1.165, 1.54) is 12.1 Å². The highest BCUT2D eigenvalue weighted by molar-refractivity contribution is 5.80. The molecule has 1 aromatic heterocycles. The summed E-state index contributed by atoms with van der Waals surface area (Å²) in [6.07, 6.45) is -3.75. The highest BCUT2D eigenvalue weighted by Crippen LogP contribution is 2.31. The SMILES string of the molecule is CN=C(NCCc1nc(C(C)C)no1)N1CCN(c2cccc(C(F)(F)F)c2)CC1. The molecule has 3 rings (SSSR count). The molecule has 0 atom stereocenters. The summed E-state index contributed by atoms with van der Waals surface area (Å²) in [6.45, 7) is 7.16. The number of nitrogens with zero attached hydrogens (tertiary/aromatic N) is 5. The topological polar surface area (TPSA) is 69.8 Å². The molecule has 7 nitrogen and oxygen atoms in total. The maximum absolute atomic E-state index is 13.0. The van der Waals surface area contributed by atoms with Crippen LogP contribution in [-0.2, 0) is 12.6 Å². The van der Waals surface area contributed by atoms with Crippen molar-refractivity contribution in [2.45, 2.75) is 32.4 Å². The van der Waals surface area contributed by atoms with Crippen molar-refractivity contribution in [2.24, 2.45) is 4.99 Å². The number of guanidine groups is 1. The van der Waals surface area contributed by atoms with Crippen LogP contribution in [0.4, 0.5) is 18.9 Å². The largest absolute Gasteiger partial charge is 0.416 e. The van der Waals surface area contributed by atoms with Gasteiger partial charge in [0.1, 0.15) is 0 Å². The minimum atomic E-state index is -4.34. The lowest BCUT2D eigenvalue weighted by atomic mass is 10.1. The molecule has 0 bridgehead atoms. The molecule has 0 spiro atoms. The van der Waals surface area contributed by atoms with Crippen molar-refractivity contribution in [3.05, 3.63) is 41.5 Å². The minimum absolute atomic E-state index is 0.219. The van der Waals surface area contributed by atoms with Crippen LogP contribution in [0.1, 0.15) is 37.0 Å². The molecule has 2 aromatic rings. The summed E-state index contributed by atoms with van der Waals surface area (Å²) in [5.74, 6) is 2.25. The second-order valence-electron chi connectivity index (χ2n) is 7.45. The summed E-state index contributed by atoms with van der Waals surface area (Å²) in [7, 11) is 1.71. The van der Waals surface area contributed by atoms with Gasteiger partial charge in [-0.25, -0.2) is 0 Å². The van der Waals surface area contributed by atoms with Crippen LogP contribution in [0, 0.1) is 0 Å². The van der Waals surface area contributed by atoms with Crippen LogP contribution in [0.25, 0.3) is 0 Å². The van der Waals surface area contributed by atoms with Gasteiger partial charge in [-0.1, -0.05) is 25.1 Å². The number of aliphatic imine (C=N–C) groups is 1. The van der Waals surface area contributed by atoms with Crippen LogP contribution in [0.5, 0.6) is 0 Å². The first-order chi connectivity index (χ1) is 14.3. The number of rotatable bonds is 5. The van der Waals surface area contributed by atoms with E-state index in [1.807, 2.05) is 18.7 Å². The number of anilines is 1. The Morgan fingerprint density at radius 1 is 1.23 bits per heavy atom. The lowest BCUT2D eigenvalue weighted by Gasteiger charge is -2.37. The van der Waals surface area contributed by atoms with Crippen molar-refractivity contribution in [2.75, 3.05) is 44.7 Å². The molecule has 0 aliphatic carbocycles. The van der Waals surface area contributed by atoms with Crippen molar-refractivity contribution in [1.29, 1.82) is 0 Å². The predicted molar refractivity (Wildman–Crippen MR) is 109 cm³/mol. The molecular weight excluding hydrogens is 397 g/mol. The summed E-state index contributed by atoms with van der Waals surface area (Å²) in [5, 5.41) is 7.24. The zero-order chi connectivity index (χ0) is 21.7. The van der Waals surface area contributed by atoms with Gasteiger partial charge in [0.25, 0.3) is 0 Å². The first-order valence-corrected chi connectivity index (χ1v) is 9.98. The maximum Gasteiger partial charge on any atom is 0.416 e. The van der Waals surface area contributed by atoms with Gasteiger partial charge < -0.3 is 19.6 Å². The first-order valence-electron chi connectivity index (χ1n) is 9.98. The molecule has 2 heterocycles. The zero-order valence-corrected chi connectivity index (χ0v) is 17.4. The molecule has 1 aliphatic rings. The van der Waals surface area contributed by atoms with E-state index in [1.54, 1.807) is 13.1 Å². The van der Waals surface area contributed by atoms with Gasteiger partial charge in [-0.3, -0.25) is 4.99 Å². The van der Waals surface area contributed by atoms with Crippen molar-refractivity contribution in [3.8, 4) is 0 Å². The molecule has 0 radical (unpaired) electrons. The van der Waals surface area contributed by atoms with E-state index in [9.17, 15) is 13.2 Å². The number of hydrogen-bond acceptors (Lipinski definition) is 5. The number of alkyl halides is 3. The molecule has 30 heavy (non-hydrogen) atoms. The number of piperazine rings is 1. The van der Waals surface area contributed by atoms with Crippen LogP contribution in [0.2, 0.25) is 0 Å². The minimum Gasteiger partial charge on any atom is -0.368 e. The lowest BCUT2D eigenvalue weighted by molar-refractivity contribution is -0.137. The third-order valence-electron chi connectivity index (χ3n) is 4.95. The Morgan fingerprint density at radius 2 is 1.97 bits per heavy atom. The van der Waals surface area contributed by atoms with Crippen molar-refractivity contribution >= 4 is 11.6 Å². The van der Waals surface area contributed by atoms with Crippen molar-refractivity contribution in [3.63, 3.8) is 0 Å². The van der Waals surface area contributed by atoms with Crippen molar-refractivity contribution in [1.82, 2.24) is 20.4 Å². The number of hydrogen-bond donors (Lipinski definition) is 1. The highest BCUT2D eigenvalue weighted by Gasteiger charge is 2.31. The summed E-state index contributed by atoms with van der Waals surface area (Å²) >= 11 is 0. The fraction of sp³-hybridized carbons (Fsp3) is 0.550. The standard InChI is InChI=1S/C20H27F3N6O/c1-14(2)18-26-17(30-27-18)7-8-25-19(24-3)29-11-9-28(10-12-29)16-6-4-5-15(13-16)20(21,22)23/h4-6,13-14H,7-12H2,1-3H3,(H,24,25). The summed E-state index contributed by atoms with van der Waals surface area (Å²) < 4.78 is 44.1. The third kappa shape index (κ3) is 5.43. The van der Waals surface area contributed by atoms with Crippen LogP contribution in [0.3, 0.4) is 0 Å². The lowest BCUT2D eigenvalue weighted by Crippen LogP contribution is -2.52. The van der Waals surface area contributed by atoms with E-state index in [0.717, 1.165) is 12.0 Å². The van der Waals surface area contributed by atoms with E-state index in [0.29, 0.717) is 56.5 Å². The molecular formula is C20H27F3N6O. The quantitative estimate of drug-likeness (QED) is 0.588. The average molecular weight is 424 g/mol. The van der Waals surface area contributed by atoms with Gasteiger partial charge in [0.05, 0.1) is 5.56 Å². The number of benzene rings is 1. The van der Waals surface area contributed by atoms with E-state index in [-0.39, 0.29) is 5.92 Å². The van der Waals surface area contributed by atoms with Gasteiger partial charge in [-0.05, 0) is 18.2 Å². The molecule has 1 aliphatic heterocycles. The average Bonchev–Trinajstić information content (AvgIpc) is 3.20. The highest BCUT2D eigenvalue weighted by atomic mass is 19.4. The second-order valence-corrected chi connectivity index (χ2v) is 7.45. The smallest absolute Gasteiger partial charge is 0.368 e. The summed E-state index contributed by atoms with van der Waals surface area (Å²) in [4.78, 5) is 12.7. The van der Waals surface area contributed by atoms with Gasteiger partial charge in [0.2, 0.25) is 5.89 Å². The first kappa shape index (κ1) is 21.9. The zero-order valence-electron chi connectivity index (χ0n) is 17.4. The van der Waals surface area contributed by atoms with E-state index in [2.05, 4.69) is 25.3 Å². The molecule has 1 aromatic carbocycles. The van der Waals surface area contributed by atoms with Crippen LogP contribution in [0.15, 0.2) is 33.8 Å². The molecule has 10 heteroatoms. The normalized spacial score (nSPS) is 15.8. The van der Waals surface area contributed by atoms with Crippen molar-refractivity contribution < 1.29 is 17.7 Å². The van der Waals surface area contributed by atoms with Gasteiger partial charge in [-0.15, -0.1) is 0 Å². The fourth-order valence-electron chi connectivity index (χ4n) is 3.27. The van der Waals surface area contributed by atoms with E-state index < -0.39 is 11.7 Å². The Morgan fingerprint density at radius 3 is 2.57 bits per heavy atom. The Bertz CT molecular complexity index is 856. The Hall–Kier alpha value is -2.78. The maximum atomic E-state index is 13.0. The summed E-state index contributed by atoms with van der Waals surface area (Å²) in [6, 6.07) is 5.47. The molecule has 1 saturated heterocycles. The Labute approximate surface area is 174 Å². The molecule has 0 saturated carbocycles. The Kier molecular flexibility index (Phi) is 6.84. The van der Waals surface area contributed by atoms with Crippen LogP contribution >= 0.6 is 0 Å². The third-order valence-corrected chi connectivity index (χ3v) is 4.95. The van der Waals surface area contributed by atoms with E-state index >= 15 is 0 Å². The molecule has 1 fully saturated rings. The van der Waals surface area contributed by atoms with Gasteiger partial charge in [0.15, 0.2) is 11.8 Å². The summed E-state index contributed by atoms with van der Waals surface area (Å²) in [5.41, 5.74) is -0.0358. The molecule has 1 N–H and O–H groups in total. The van der Waals surface area contributed by atoms with Crippen LogP contribution < -0.4 is 10.2 Å². The number of aromatic nitrogens is 2. The Balaban J connectivity index is 1.50. The van der Waals surface area contributed by atoms with Gasteiger partial charge in [0, 0.05) is 57.8 Å². The van der Waals surface area contributed by atoms with Gasteiger partial charge >= 0.3 is 6.18 Å². The fourth-order valence-corrected chi connectivity index (χ4v) is 3.27. The van der Waals surface area contributed by atoms with Gasteiger partial charge in [-0.2, -0.15) is 18.2 Å². The molecule has 0 amide bonds. The van der Waals surface area contributed by atoms with Crippen LogP contribution in [-0.4, -0.2) is 60.8 Å². The molecule has 164 valence electrons.